The summed E-state index contributed by atoms with van der Waals surface area (Å²) in [6.07, 6.45) is 0. The lowest BCUT2D eigenvalue weighted by Crippen LogP contribution is -2.52. The number of benzene rings is 2. The number of para-hydroxylation sites is 2. The van der Waals surface area contributed by atoms with Crippen LogP contribution in [0.3, 0.4) is 0 Å². The largest absolute Gasteiger partial charge is 0.492 e. The van der Waals surface area contributed by atoms with Crippen LogP contribution in [0, 0.1) is 5.82 Å². The molecule has 3 rings (SSSR count). The van der Waals surface area contributed by atoms with E-state index in [1.807, 2.05) is 31.2 Å². The molecular weight excluding hydrogens is 417 g/mol. The summed E-state index contributed by atoms with van der Waals surface area (Å²) in [7, 11) is -2.30. The highest BCUT2D eigenvalue weighted by Gasteiger charge is 2.31. The van der Waals surface area contributed by atoms with Crippen molar-refractivity contribution in [3.05, 3.63) is 58.9 Å². The third-order valence-corrected chi connectivity index (χ3v) is 7.20. The normalized spacial score (nSPS) is 15.7. The van der Waals surface area contributed by atoms with E-state index in [0.29, 0.717) is 32.8 Å². The first-order valence-corrected chi connectivity index (χ1v) is 11.2. The van der Waals surface area contributed by atoms with Crippen LogP contribution in [0.15, 0.2) is 42.5 Å². The van der Waals surface area contributed by atoms with Crippen LogP contribution in [0.5, 0.6) is 5.75 Å². The molecule has 0 N–H and O–H groups in total. The van der Waals surface area contributed by atoms with Crippen LogP contribution >= 0.6 is 11.6 Å². The lowest BCUT2D eigenvalue weighted by molar-refractivity contribution is 0.328. The number of piperazine rings is 1. The number of rotatable bonds is 7. The Morgan fingerprint density at radius 2 is 1.79 bits per heavy atom. The molecule has 1 saturated heterocycles. The van der Waals surface area contributed by atoms with Crippen molar-refractivity contribution in [2.45, 2.75) is 13.5 Å². The van der Waals surface area contributed by atoms with Crippen molar-refractivity contribution in [3.63, 3.8) is 0 Å². The number of halogens is 2. The highest BCUT2D eigenvalue weighted by Crippen LogP contribution is 2.29. The van der Waals surface area contributed by atoms with E-state index in [-0.39, 0.29) is 17.1 Å². The van der Waals surface area contributed by atoms with Gasteiger partial charge in [-0.25, -0.2) is 4.39 Å². The van der Waals surface area contributed by atoms with E-state index in [1.165, 1.54) is 23.5 Å². The monoisotopic (exact) mass is 441 g/mol. The number of ether oxygens (including phenoxy) is 1. The molecule has 0 amide bonds. The number of hydrogen-bond donors (Lipinski definition) is 0. The lowest BCUT2D eigenvalue weighted by Gasteiger charge is -2.37. The summed E-state index contributed by atoms with van der Waals surface area (Å²) in [5.41, 5.74) is 1.13. The van der Waals surface area contributed by atoms with Crippen LogP contribution in [-0.4, -0.2) is 56.9 Å². The molecule has 6 nitrogen and oxygen atoms in total. The van der Waals surface area contributed by atoms with Crippen molar-refractivity contribution in [1.29, 1.82) is 0 Å². The smallest absolute Gasteiger partial charge is 0.282 e. The summed E-state index contributed by atoms with van der Waals surface area (Å²) < 4.78 is 48.2. The lowest BCUT2D eigenvalue weighted by atomic mass is 10.2. The van der Waals surface area contributed by atoms with Crippen LogP contribution < -0.4 is 9.64 Å². The highest BCUT2D eigenvalue weighted by molar-refractivity contribution is 7.86. The Hall–Kier alpha value is -1.87. The van der Waals surface area contributed by atoms with Crippen LogP contribution in [0.25, 0.3) is 0 Å². The zero-order chi connectivity index (χ0) is 21.0. The molecule has 0 radical (unpaired) electrons. The second-order valence-corrected chi connectivity index (χ2v) is 9.19. The molecule has 0 saturated carbocycles. The SMILES string of the molecule is CCOc1ccccc1N1CCN(S(=O)(=O)N(C)Cc2c(F)cccc2Cl)CC1. The number of nitrogens with zero attached hydrogens (tertiary/aromatic N) is 3. The predicted octanol–water partition coefficient (Wildman–Crippen LogP) is 3.38. The summed E-state index contributed by atoms with van der Waals surface area (Å²) in [5.74, 6) is 0.273. The molecule has 2 aromatic carbocycles. The predicted molar refractivity (Wildman–Crippen MR) is 113 cm³/mol. The van der Waals surface area contributed by atoms with E-state index in [0.717, 1.165) is 15.7 Å². The van der Waals surface area contributed by atoms with Gasteiger partial charge in [-0.05, 0) is 31.2 Å². The van der Waals surface area contributed by atoms with Gasteiger partial charge in [-0.1, -0.05) is 29.8 Å². The van der Waals surface area contributed by atoms with Crippen molar-refractivity contribution in [1.82, 2.24) is 8.61 Å². The van der Waals surface area contributed by atoms with Crippen molar-refractivity contribution in [3.8, 4) is 5.75 Å². The van der Waals surface area contributed by atoms with E-state index >= 15 is 0 Å². The fourth-order valence-corrected chi connectivity index (χ4v) is 4.87. The van der Waals surface area contributed by atoms with Gasteiger partial charge in [0.1, 0.15) is 11.6 Å². The third kappa shape index (κ3) is 4.83. The number of anilines is 1. The molecule has 1 aliphatic heterocycles. The van der Waals surface area contributed by atoms with Crippen molar-refractivity contribution in [2.24, 2.45) is 0 Å². The molecular formula is C20H25ClFN3O3S. The van der Waals surface area contributed by atoms with Crippen LogP contribution in [0.4, 0.5) is 10.1 Å². The Morgan fingerprint density at radius 3 is 2.45 bits per heavy atom. The van der Waals surface area contributed by atoms with Gasteiger partial charge in [-0.2, -0.15) is 17.0 Å². The maximum absolute atomic E-state index is 14.0. The van der Waals surface area contributed by atoms with Gasteiger partial charge in [-0.15, -0.1) is 0 Å². The minimum Gasteiger partial charge on any atom is -0.492 e. The maximum Gasteiger partial charge on any atom is 0.282 e. The van der Waals surface area contributed by atoms with Gasteiger partial charge in [0.05, 0.1) is 12.3 Å². The van der Waals surface area contributed by atoms with Crippen molar-refractivity contribution in [2.75, 3.05) is 44.7 Å². The van der Waals surface area contributed by atoms with Gasteiger partial charge in [0.25, 0.3) is 10.2 Å². The first kappa shape index (κ1) is 21.8. The summed E-state index contributed by atoms with van der Waals surface area (Å²) >= 11 is 6.04. The first-order valence-electron chi connectivity index (χ1n) is 9.45. The molecule has 9 heteroatoms. The topological polar surface area (TPSA) is 53.1 Å². The van der Waals surface area contributed by atoms with Gasteiger partial charge in [0, 0.05) is 50.4 Å². The molecule has 1 fully saturated rings. The molecule has 1 heterocycles. The zero-order valence-corrected chi connectivity index (χ0v) is 18.1. The zero-order valence-electron chi connectivity index (χ0n) is 16.5. The van der Waals surface area contributed by atoms with Gasteiger partial charge in [0.2, 0.25) is 0 Å². The summed E-state index contributed by atoms with van der Waals surface area (Å²) in [6, 6.07) is 12.1. The first-order chi connectivity index (χ1) is 13.8. The summed E-state index contributed by atoms with van der Waals surface area (Å²) in [6.45, 7) is 4.11. The average Bonchev–Trinajstić information content (AvgIpc) is 2.71. The molecule has 0 unspecified atom stereocenters. The molecule has 0 atom stereocenters. The molecule has 0 aromatic heterocycles. The van der Waals surface area contributed by atoms with Crippen LogP contribution in [-0.2, 0) is 16.8 Å². The van der Waals surface area contributed by atoms with E-state index in [2.05, 4.69) is 4.90 Å². The Labute approximate surface area is 176 Å². The third-order valence-electron chi connectivity index (χ3n) is 4.91. The molecule has 0 bridgehead atoms. The van der Waals surface area contributed by atoms with Gasteiger partial charge >= 0.3 is 0 Å². The molecule has 29 heavy (non-hydrogen) atoms. The Morgan fingerprint density at radius 1 is 1.10 bits per heavy atom. The quantitative estimate of drug-likeness (QED) is 0.661. The minimum absolute atomic E-state index is 0.124. The van der Waals surface area contributed by atoms with Gasteiger partial charge < -0.3 is 9.64 Å². The van der Waals surface area contributed by atoms with Gasteiger partial charge in [-0.3, -0.25) is 0 Å². The second-order valence-electron chi connectivity index (χ2n) is 6.75. The fourth-order valence-electron chi connectivity index (χ4n) is 3.34. The van der Waals surface area contributed by atoms with E-state index in [4.69, 9.17) is 16.3 Å². The fraction of sp³-hybridized carbons (Fsp3) is 0.400. The Kier molecular flexibility index (Phi) is 7.00. The summed E-state index contributed by atoms with van der Waals surface area (Å²) in [5, 5.41) is 0.212. The van der Waals surface area contributed by atoms with E-state index in [9.17, 15) is 12.8 Å². The standard InChI is InChI=1S/C20H25ClFN3O3S/c1-3-28-20-10-5-4-9-19(20)24-11-13-25(14-12-24)29(26,27)23(2)15-16-17(21)7-6-8-18(16)22/h4-10H,3,11-15H2,1-2H3. The van der Waals surface area contributed by atoms with Gasteiger partial charge in [0.15, 0.2) is 0 Å². The summed E-state index contributed by atoms with van der Waals surface area (Å²) in [4.78, 5) is 2.12. The van der Waals surface area contributed by atoms with Crippen molar-refractivity contribution < 1.29 is 17.5 Å². The Balaban J connectivity index is 1.68. The van der Waals surface area contributed by atoms with Crippen molar-refractivity contribution >= 4 is 27.5 Å². The average molecular weight is 442 g/mol. The molecule has 2 aromatic rings. The maximum atomic E-state index is 14.0. The second kappa shape index (κ2) is 9.30. The molecule has 1 aliphatic rings. The highest BCUT2D eigenvalue weighted by atomic mass is 35.5. The molecule has 0 spiro atoms. The molecule has 158 valence electrons. The molecule has 0 aliphatic carbocycles. The number of hydrogen-bond acceptors (Lipinski definition) is 4. The minimum atomic E-state index is -3.74. The van der Waals surface area contributed by atoms with E-state index in [1.54, 1.807) is 6.07 Å². The van der Waals surface area contributed by atoms with E-state index < -0.39 is 16.0 Å². The Bertz CT molecular complexity index is 929. The van der Waals surface area contributed by atoms with Crippen LogP contribution in [0.1, 0.15) is 12.5 Å². The van der Waals surface area contributed by atoms with Crippen LogP contribution in [0.2, 0.25) is 5.02 Å².